The van der Waals surface area contributed by atoms with Crippen LogP contribution in [0, 0.1) is 0 Å². The third-order valence-corrected chi connectivity index (χ3v) is 11.3. The van der Waals surface area contributed by atoms with Crippen molar-refractivity contribution in [3.05, 3.63) is 224 Å². The van der Waals surface area contributed by atoms with Gasteiger partial charge in [0, 0.05) is 0 Å². The average Bonchev–Trinajstić information content (AvgIpc) is 3.64. The second-order valence-electron chi connectivity index (χ2n) is 16.1. The number of nitrogens with two attached hydrogens (primary N) is 4. The number of para-hydroxylation sites is 5. The first-order valence-electron chi connectivity index (χ1n) is 30.8. The van der Waals surface area contributed by atoms with Gasteiger partial charge in [-0.05, 0) is 0 Å². The molecule has 91 heavy (non-hydrogen) atoms. The summed E-state index contributed by atoms with van der Waals surface area (Å²) in [4.78, 5) is 16.1. The van der Waals surface area contributed by atoms with Gasteiger partial charge in [0.2, 0.25) is 0 Å². The zero-order valence-corrected chi connectivity index (χ0v) is 69.2. The van der Waals surface area contributed by atoms with Crippen LogP contribution in [0.25, 0.3) is 0 Å². The summed E-state index contributed by atoms with van der Waals surface area (Å²) in [5.41, 5.74) is 27.5. The first kappa shape index (κ1) is 95.3. The minimum Gasteiger partial charge on any atom is -0.0623 e. The van der Waals surface area contributed by atoms with Crippen molar-refractivity contribution in [3.63, 3.8) is 0 Å². The Morgan fingerprint density at radius 1 is 0.297 bits per heavy atom. The minimum atomic E-state index is 0.375. The predicted molar refractivity (Wildman–Crippen MR) is 395 cm³/mol. The molecule has 0 aliphatic rings. The fraction of sp³-hybridized carbons (Fsp3) is 0.296. The van der Waals surface area contributed by atoms with E-state index in [1.165, 1.54) is 96.7 Å². The topological polar surface area (TPSA) is 250 Å². The molecule has 7 aromatic carbocycles. The van der Waals surface area contributed by atoms with Crippen molar-refractivity contribution in [1.82, 2.24) is 16.0 Å². The van der Waals surface area contributed by atoms with Crippen LogP contribution in [-0.4, -0.2) is 61.1 Å². The molecule has 0 unspecified atom stereocenters. The smallest absolute Gasteiger partial charge is 0.0623 e. The van der Waals surface area contributed by atoms with E-state index >= 15 is 0 Å². The van der Waals surface area contributed by atoms with Crippen LogP contribution in [0.5, 0.6) is 0 Å². The second-order valence-corrected chi connectivity index (χ2v) is 21.9. The van der Waals surface area contributed by atoms with E-state index in [-0.39, 0.29) is 0 Å². The number of hydrogen-bond acceptors (Lipinski definition) is 8. The standard InChI is InChI=1S/2C14H14N4.C9H12N4.2C6H6.C5H12N4.3C3H8.4C2H6.4W/c2*15-14(18-13-9-5-2-6-10-13)17-11-16-12-7-3-1-4-8-12;1-11-9(10)13-7-12-8-5-3-2-4-6-8;2*1-2-4-6-5-3-1;1-3-8-4-9-5(6)7-2;3*1-3-2;4*1-2;;;;/h2*1-10,16H,(H3,15,17,18);2-6,12H,1H3,(H3,10,11,13);2*1-6H;8H,3H2,1-2H3,(H3,6,7,9);3*3H2,1-2H3;4*1-2H3;;;;. The molecule has 0 heterocycles. The summed E-state index contributed by atoms with van der Waals surface area (Å²) in [7, 11) is 3.30. The monoisotopic (exact) mass is 1920 g/mol. The maximum atomic E-state index is 5.85. The number of aliphatic imine (C=N–C) groups is 4. The average molecular weight is 1930 g/mol. The molecule has 0 atom stereocenters. The van der Waals surface area contributed by atoms with Crippen LogP contribution in [-0.2, 0) is 77.4 Å². The zero-order chi connectivity index (χ0) is 70.0. The predicted octanol–water partition coefficient (Wildman–Crippen LogP) is 15.1. The molecule has 0 aromatic heterocycles. The van der Waals surface area contributed by atoms with Gasteiger partial charge in [0.15, 0.2) is 0 Å². The Morgan fingerprint density at radius 3 is 0.692 bits per heavy atom. The largest absolute Gasteiger partial charge is 0.0623 e. The van der Waals surface area contributed by atoms with Gasteiger partial charge in [-0.1, -0.05) is 189 Å². The van der Waals surface area contributed by atoms with Crippen LogP contribution in [0.3, 0.4) is 0 Å². The molecule has 0 radical (unpaired) electrons. The molecule has 0 aliphatic carbocycles. The van der Waals surface area contributed by atoms with E-state index < -0.39 is 0 Å². The van der Waals surface area contributed by atoms with Crippen molar-refractivity contribution in [3.8, 4) is 0 Å². The normalized spacial score (nSPS) is 9.33. The van der Waals surface area contributed by atoms with E-state index in [4.69, 9.17) is 22.9 Å². The van der Waals surface area contributed by atoms with Crippen molar-refractivity contribution < 1.29 is 77.4 Å². The van der Waals surface area contributed by atoms with E-state index in [2.05, 4.69) is 104 Å². The van der Waals surface area contributed by atoms with Crippen molar-refractivity contribution in [1.29, 1.82) is 0 Å². The molecular weight excluding hydrogens is 1810 g/mol. The molecule has 20 heteroatoms. The van der Waals surface area contributed by atoms with Gasteiger partial charge in [-0.3, -0.25) is 0 Å². The fourth-order valence-electron chi connectivity index (χ4n) is 4.96. The minimum absolute atomic E-state index is 0.375. The molecule has 0 fully saturated rings. The summed E-state index contributed by atoms with van der Waals surface area (Å²) >= 11 is 5.03. The third-order valence-electron chi connectivity index (χ3n) is 8.25. The molecule has 7 aromatic rings. The Bertz CT molecular complexity index is 2590. The number of nitrogens with one attached hydrogen (secondary N) is 8. The quantitative estimate of drug-likeness (QED) is 0.0359. The molecule has 0 amide bonds. The third kappa shape index (κ3) is 70.5. The van der Waals surface area contributed by atoms with Gasteiger partial charge in [0.05, 0.1) is 0 Å². The molecule has 0 saturated carbocycles. The Kier molecular flexibility index (Phi) is 81.1. The molecule has 0 aliphatic heterocycles. The molecular formula is C71H112N16W4. The molecule has 500 valence electrons. The number of hydrogen-bond donors (Lipinski definition) is 12. The van der Waals surface area contributed by atoms with Crippen LogP contribution in [0.1, 0.15) is 123 Å². The van der Waals surface area contributed by atoms with Crippen molar-refractivity contribution >= 4 is 68.9 Å². The Labute approximate surface area is 594 Å². The molecule has 0 saturated heterocycles. The summed E-state index contributed by atoms with van der Waals surface area (Å²) in [6.45, 7) is 31.7. The van der Waals surface area contributed by atoms with Gasteiger partial charge < -0.3 is 0 Å². The summed E-state index contributed by atoms with van der Waals surface area (Å²) in [5, 5.41) is 24.6. The number of nitrogens with zero attached hydrogens (tertiary/aromatic N) is 4. The van der Waals surface area contributed by atoms with Crippen molar-refractivity contribution in [2.24, 2.45) is 42.9 Å². The van der Waals surface area contributed by atoms with Crippen LogP contribution in [0.15, 0.2) is 244 Å². The molecule has 7 rings (SSSR count). The van der Waals surface area contributed by atoms with E-state index in [1.807, 2.05) is 287 Å². The zero-order valence-electron chi connectivity index (χ0n) is 57.4. The fourth-order valence-corrected chi connectivity index (χ4v) is 8.21. The van der Waals surface area contributed by atoms with Gasteiger partial charge in [-0.25, -0.2) is 0 Å². The van der Waals surface area contributed by atoms with Gasteiger partial charge >= 0.3 is 411 Å². The molecule has 16 nitrogen and oxygen atoms in total. The SMILES string of the molecule is CC.CC.CC.CC.CCC.CCC.CCC.CCN[C](=[W])NC(N)=NC.CN=C(N)N[C](=[W])Nc1ccccc1.NC(=N[C](=[W])Nc1ccccc1)Nc1ccccc1.NC(=N[C](=[W])Nc1ccccc1)Nc1ccccc1.c1ccccc1.c1ccccc1. The first-order valence-corrected chi connectivity index (χ1v) is 36.7. The van der Waals surface area contributed by atoms with Crippen LogP contribution in [0.2, 0.25) is 0 Å². The van der Waals surface area contributed by atoms with Crippen molar-refractivity contribution in [2.75, 3.05) is 47.2 Å². The molecule has 0 bridgehead atoms. The molecule has 16 N–H and O–H groups in total. The number of guanidine groups is 4. The van der Waals surface area contributed by atoms with Crippen LogP contribution >= 0.6 is 0 Å². The molecule has 0 spiro atoms. The maximum absolute atomic E-state index is 5.85. The Morgan fingerprint density at radius 2 is 0.484 bits per heavy atom. The van der Waals surface area contributed by atoms with Gasteiger partial charge in [-0.15, -0.1) is 0 Å². The van der Waals surface area contributed by atoms with E-state index in [9.17, 15) is 0 Å². The van der Waals surface area contributed by atoms with Gasteiger partial charge in [-0.2, -0.15) is 0 Å². The van der Waals surface area contributed by atoms with E-state index in [0.29, 0.717) is 23.8 Å². The summed E-state index contributed by atoms with van der Waals surface area (Å²) in [5.74, 6) is 1.61. The first-order chi connectivity index (χ1) is 44.1. The second kappa shape index (κ2) is 77.5. The van der Waals surface area contributed by atoms with Gasteiger partial charge in [0.1, 0.15) is 0 Å². The number of rotatable bonds is 14. The van der Waals surface area contributed by atoms with Crippen LogP contribution in [0.4, 0.5) is 28.4 Å². The Balaban J connectivity index is -0.000000234. The Hall–Kier alpha value is -6.79. The van der Waals surface area contributed by atoms with E-state index in [0.717, 1.165) is 51.6 Å². The number of anilines is 5. The summed E-state index contributed by atoms with van der Waals surface area (Å²) in [6, 6.07) is 73.1. The maximum Gasteiger partial charge on any atom is -0.0623 e. The number of benzene rings is 7. The van der Waals surface area contributed by atoms with Gasteiger partial charge in [0.25, 0.3) is 0 Å². The van der Waals surface area contributed by atoms with E-state index in [1.54, 1.807) is 14.1 Å². The summed E-state index contributed by atoms with van der Waals surface area (Å²) < 4.78 is 3.56. The van der Waals surface area contributed by atoms with Crippen molar-refractivity contribution in [2.45, 2.75) is 123 Å². The summed E-state index contributed by atoms with van der Waals surface area (Å²) in [6.07, 6.45) is 3.75. The van der Waals surface area contributed by atoms with Crippen LogP contribution < -0.4 is 65.5 Å².